The lowest BCUT2D eigenvalue weighted by Gasteiger charge is -2.23. The zero-order valence-electron chi connectivity index (χ0n) is 15.2. The first-order valence-electron chi connectivity index (χ1n) is 8.48. The molecule has 0 aliphatic rings. The SMILES string of the molecule is CCN(CCCN)c1ccc(N=Nc2c(Cl)cc([N+](=O)[O-])cc2Cl)c(C)c1. The van der Waals surface area contributed by atoms with E-state index in [2.05, 4.69) is 22.1 Å². The summed E-state index contributed by atoms with van der Waals surface area (Å²) in [7, 11) is 0. The summed E-state index contributed by atoms with van der Waals surface area (Å²) in [5.41, 5.74) is 8.30. The van der Waals surface area contributed by atoms with Crippen LogP contribution in [0.25, 0.3) is 0 Å². The Balaban J connectivity index is 2.26. The highest BCUT2D eigenvalue weighted by Gasteiger charge is 2.14. The summed E-state index contributed by atoms with van der Waals surface area (Å²) in [6.45, 7) is 6.46. The van der Waals surface area contributed by atoms with Crippen LogP contribution in [-0.2, 0) is 0 Å². The van der Waals surface area contributed by atoms with Crippen molar-refractivity contribution in [3.63, 3.8) is 0 Å². The Morgan fingerprint density at radius 1 is 1.19 bits per heavy atom. The van der Waals surface area contributed by atoms with Crippen molar-refractivity contribution in [2.75, 3.05) is 24.5 Å². The maximum Gasteiger partial charge on any atom is 0.272 e. The lowest BCUT2D eigenvalue weighted by molar-refractivity contribution is -0.384. The Hall–Kier alpha value is -2.22. The number of azo groups is 1. The first-order chi connectivity index (χ1) is 12.9. The first-order valence-corrected chi connectivity index (χ1v) is 9.23. The van der Waals surface area contributed by atoms with Crippen LogP contribution in [0.3, 0.4) is 0 Å². The van der Waals surface area contributed by atoms with E-state index in [1.807, 2.05) is 25.1 Å². The van der Waals surface area contributed by atoms with Crippen molar-refractivity contribution >= 4 is 46.0 Å². The molecule has 0 aliphatic heterocycles. The summed E-state index contributed by atoms with van der Waals surface area (Å²) < 4.78 is 0. The summed E-state index contributed by atoms with van der Waals surface area (Å²) in [5, 5.41) is 19.3. The summed E-state index contributed by atoms with van der Waals surface area (Å²) in [4.78, 5) is 12.5. The van der Waals surface area contributed by atoms with Gasteiger partial charge in [0.2, 0.25) is 0 Å². The standard InChI is InChI=1S/C18H21Cl2N5O2/c1-3-24(8-4-7-21)13-5-6-17(12(2)9-13)22-23-18-15(19)10-14(25(26)27)11-16(18)20/h5-6,9-11H,3-4,7-8,21H2,1-2H3. The van der Waals surface area contributed by atoms with Gasteiger partial charge in [0, 0.05) is 30.9 Å². The number of aryl methyl sites for hydroxylation is 1. The van der Waals surface area contributed by atoms with Crippen LogP contribution in [0.1, 0.15) is 18.9 Å². The molecule has 0 bridgehead atoms. The third-order valence-electron chi connectivity index (χ3n) is 4.03. The number of non-ortho nitro benzene ring substituents is 1. The van der Waals surface area contributed by atoms with Crippen LogP contribution in [0.15, 0.2) is 40.6 Å². The fourth-order valence-electron chi connectivity index (χ4n) is 2.56. The number of nitro groups is 1. The zero-order chi connectivity index (χ0) is 20.0. The van der Waals surface area contributed by atoms with E-state index in [4.69, 9.17) is 28.9 Å². The maximum absolute atomic E-state index is 10.8. The Labute approximate surface area is 167 Å². The van der Waals surface area contributed by atoms with Crippen LogP contribution in [0.4, 0.5) is 22.7 Å². The Kier molecular flexibility index (Phi) is 7.53. The van der Waals surface area contributed by atoms with Gasteiger partial charge in [-0.15, -0.1) is 5.11 Å². The fraction of sp³-hybridized carbons (Fsp3) is 0.333. The summed E-state index contributed by atoms with van der Waals surface area (Å²) in [5.74, 6) is 0. The molecule has 0 fully saturated rings. The van der Waals surface area contributed by atoms with Gasteiger partial charge < -0.3 is 10.6 Å². The van der Waals surface area contributed by atoms with Crippen molar-refractivity contribution in [1.29, 1.82) is 0 Å². The van der Waals surface area contributed by atoms with Crippen LogP contribution < -0.4 is 10.6 Å². The van der Waals surface area contributed by atoms with Gasteiger partial charge in [0.05, 0.1) is 20.7 Å². The number of nitrogens with two attached hydrogens (primary N) is 1. The number of nitrogens with zero attached hydrogens (tertiary/aromatic N) is 4. The Morgan fingerprint density at radius 2 is 1.85 bits per heavy atom. The molecule has 2 N–H and O–H groups in total. The molecule has 0 unspecified atom stereocenters. The van der Waals surface area contributed by atoms with E-state index >= 15 is 0 Å². The average Bonchev–Trinajstić information content (AvgIpc) is 2.62. The van der Waals surface area contributed by atoms with Gasteiger partial charge in [-0.2, -0.15) is 5.11 Å². The highest BCUT2D eigenvalue weighted by molar-refractivity contribution is 6.39. The van der Waals surface area contributed by atoms with Gasteiger partial charge in [-0.05, 0) is 50.6 Å². The molecule has 0 aromatic heterocycles. The molecule has 2 aromatic carbocycles. The minimum absolute atomic E-state index is 0.0752. The van der Waals surface area contributed by atoms with Crippen LogP contribution in [0, 0.1) is 17.0 Å². The monoisotopic (exact) mass is 409 g/mol. The topological polar surface area (TPSA) is 97.1 Å². The molecule has 0 saturated heterocycles. The third kappa shape index (κ3) is 5.38. The number of nitro benzene ring substituents is 1. The van der Waals surface area contributed by atoms with Crippen molar-refractivity contribution < 1.29 is 4.92 Å². The summed E-state index contributed by atoms with van der Waals surface area (Å²) >= 11 is 12.1. The van der Waals surface area contributed by atoms with E-state index in [-0.39, 0.29) is 21.4 Å². The van der Waals surface area contributed by atoms with Crippen molar-refractivity contribution in [1.82, 2.24) is 0 Å². The summed E-state index contributed by atoms with van der Waals surface area (Å²) in [6.07, 6.45) is 0.922. The summed E-state index contributed by atoms with van der Waals surface area (Å²) in [6, 6.07) is 8.28. The highest BCUT2D eigenvalue weighted by Crippen LogP contribution is 2.38. The molecule has 9 heteroatoms. The minimum Gasteiger partial charge on any atom is -0.372 e. The number of anilines is 1. The molecular weight excluding hydrogens is 389 g/mol. The van der Waals surface area contributed by atoms with Gasteiger partial charge in [-0.25, -0.2) is 0 Å². The van der Waals surface area contributed by atoms with E-state index in [1.165, 1.54) is 12.1 Å². The molecule has 0 heterocycles. The number of hydrogen-bond donors (Lipinski definition) is 1. The second kappa shape index (κ2) is 9.64. The van der Waals surface area contributed by atoms with Crippen molar-refractivity contribution in [3.8, 4) is 0 Å². The lowest BCUT2D eigenvalue weighted by atomic mass is 10.1. The molecule has 7 nitrogen and oxygen atoms in total. The van der Waals surface area contributed by atoms with Gasteiger partial charge in [-0.1, -0.05) is 23.2 Å². The van der Waals surface area contributed by atoms with E-state index in [0.29, 0.717) is 12.2 Å². The van der Waals surface area contributed by atoms with Crippen LogP contribution >= 0.6 is 23.2 Å². The quantitative estimate of drug-likeness (QED) is 0.338. The number of halogens is 2. The van der Waals surface area contributed by atoms with Gasteiger partial charge in [0.1, 0.15) is 5.69 Å². The van der Waals surface area contributed by atoms with Crippen LogP contribution in [-0.4, -0.2) is 24.6 Å². The van der Waals surface area contributed by atoms with E-state index in [1.54, 1.807) is 0 Å². The number of rotatable bonds is 8. The molecule has 0 aliphatic carbocycles. The number of benzene rings is 2. The predicted octanol–water partition coefficient (Wildman–Crippen LogP) is 5.80. The van der Waals surface area contributed by atoms with Crippen molar-refractivity contribution in [2.24, 2.45) is 16.0 Å². The Morgan fingerprint density at radius 3 is 2.37 bits per heavy atom. The lowest BCUT2D eigenvalue weighted by Crippen LogP contribution is -2.25. The Bertz CT molecular complexity index is 835. The molecule has 27 heavy (non-hydrogen) atoms. The van der Waals surface area contributed by atoms with Gasteiger partial charge in [0.25, 0.3) is 5.69 Å². The second-order valence-corrected chi connectivity index (χ2v) is 6.72. The minimum atomic E-state index is -0.564. The molecule has 0 saturated carbocycles. The average molecular weight is 410 g/mol. The smallest absolute Gasteiger partial charge is 0.272 e. The molecule has 2 aromatic rings. The molecular formula is C18H21Cl2N5O2. The third-order valence-corrected chi connectivity index (χ3v) is 4.61. The van der Waals surface area contributed by atoms with Crippen molar-refractivity contribution in [3.05, 3.63) is 56.1 Å². The molecule has 0 atom stereocenters. The number of hydrogen-bond acceptors (Lipinski definition) is 6. The molecule has 0 amide bonds. The maximum atomic E-state index is 10.8. The molecule has 144 valence electrons. The van der Waals surface area contributed by atoms with Gasteiger partial charge in [-0.3, -0.25) is 10.1 Å². The van der Waals surface area contributed by atoms with Gasteiger partial charge in [0.15, 0.2) is 0 Å². The van der Waals surface area contributed by atoms with Crippen LogP contribution in [0.2, 0.25) is 10.0 Å². The normalized spacial score (nSPS) is 11.1. The molecule has 0 radical (unpaired) electrons. The molecule has 0 spiro atoms. The zero-order valence-corrected chi connectivity index (χ0v) is 16.7. The van der Waals surface area contributed by atoms with Crippen LogP contribution in [0.5, 0.6) is 0 Å². The van der Waals surface area contributed by atoms with E-state index < -0.39 is 4.92 Å². The second-order valence-electron chi connectivity index (χ2n) is 5.91. The highest BCUT2D eigenvalue weighted by atomic mass is 35.5. The van der Waals surface area contributed by atoms with Crippen molar-refractivity contribution in [2.45, 2.75) is 20.3 Å². The van der Waals surface area contributed by atoms with Gasteiger partial charge >= 0.3 is 0 Å². The van der Waals surface area contributed by atoms with E-state index in [0.717, 1.165) is 30.8 Å². The van der Waals surface area contributed by atoms with E-state index in [9.17, 15) is 10.1 Å². The molecule has 2 rings (SSSR count). The largest absolute Gasteiger partial charge is 0.372 e. The predicted molar refractivity (Wildman–Crippen MR) is 110 cm³/mol. The first kappa shape index (κ1) is 21.1. The fourth-order valence-corrected chi connectivity index (χ4v) is 3.11.